The van der Waals surface area contributed by atoms with E-state index >= 15 is 0 Å². The van der Waals surface area contributed by atoms with Crippen molar-refractivity contribution in [2.45, 2.75) is 6.92 Å². The topological polar surface area (TPSA) is 20.2 Å². The zero-order valence-corrected chi connectivity index (χ0v) is 5.42. The first-order valence-electron chi connectivity index (χ1n) is 1.78. The predicted octanol–water partition coefficient (Wildman–Crippen LogP) is 2.25. The average Bonchev–Trinajstić information content (AvgIpc) is 1.65. The van der Waals surface area contributed by atoms with Crippen LogP contribution in [0, 0.1) is 0 Å². The number of halogens is 2. The summed E-state index contributed by atoms with van der Waals surface area (Å²) in [7, 11) is 0. The second-order valence-electron chi connectivity index (χ2n) is 1.11. The largest absolute Gasteiger partial charge is 0.510 e. The normalized spacial score (nSPS) is 13.6. The second-order valence-corrected chi connectivity index (χ2v) is 1.95. The lowest BCUT2D eigenvalue weighted by atomic mass is 10.5. The minimum absolute atomic E-state index is 0.0448. The van der Waals surface area contributed by atoms with Gasteiger partial charge >= 0.3 is 0 Å². The summed E-state index contributed by atoms with van der Waals surface area (Å²) in [6.07, 6.45) is 0. The van der Waals surface area contributed by atoms with Crippen LogP contribution in [0.4, 0.5) is 0 Å². The maximum Gasteiger partial charge on any atom is 0.121 e. The molecule has 0 rings (SSSR count). The van der Waals surface area contributed by atoms with Gasteiger partial charge in [0.25, 0.3) is 0 Å². The Morgan fingerprint density at radius 1 is 1.71 bits per heavy atom. The summed E-state index contributed by atoms with van der Waals surface area (Å²) in [5.41, 5.74) is 0. The summed E-state index contributed by atoms with van der Waals surface area (Å²) in [5.74, 6) is 0.137. The average molecular weight is 141 g/mol. The first kappa shape index (κ1) is 7.12. The van der Waals surface area contributed by atoms with Crippen molar-refractivity contribution < 1.29 is 5.11 Å². The molecule has 0 aliphatic rings. The fourth-order valence-corrected chi connectivity index (χ4v) is 0.428. The van der Waals surface area contributed by atoms with Gasteiger partial charge in [0.15, 0.2) is 0 Å². The Morgan fingerprint density at radius 3 is 2.14 bits per heavy atom. The van der Waals surface area contributed by atoms with Gasteiger partial charge < -0.3 is 5.11 Å². The van der Waals surface area contributed by atoms with Crippen molar-refractivity contribution >= 4 is 23.2 Å². The molecular weight excluding hydrogens is 135 g/mol. The highest BCUT2D eigenvalue weighted by molar-refractivity contribution is 6.30. The van der Waals surface area contributed by atoms with Gasteiger partial charge in [0.1, 0.15) is 5.76 Å². The summed E-state index contributed by atoms with van der Waals surface area (Å²) < 4.78 is 0. The van der Waals surface area contributed by atoms with Crippen molar-refractivity contribution in [2.75, 3.05) is 5.88 Å². The van der Waals surface area contributed by atoms with E-state index in [4.69, 9.17) is 28.3 Å². The Balaban J connectivity index is 3.72. The van der Waals surface area contributed by atoms with Gasteiger partial charge in [-0.15, -0.1) is 11.6 Å². The number of aliphatic hydroxyl groups excluding tert-OH is 1. The van der Waals surface area contributed by atoms with Gasteiger partial charge in [0.2, 0.25) is 0 Å². The van der Waals surface area contributed by atoms with E-state index in [0.29, 0.717) is 5.03 Å². The van der Waals surface area contributed by atoms with Crippen molar-refractivity contribution in [2.24, 2.45) is 0 Å². The van der Waals surface area contributed by atoms with E-state index in [0.717, 1.165) is 0 Å². The van der Waals surface area contributed by atoms with Crippen LogP contribution < -0.4 is 0 Å². The van der Waals surface area contributed by atoms with Crippen LogP contribution in [-0.4, -0.2) is 11.0 Å². The number of aliphatic hydroxyl groups is 1. The molecule has 0 fully saturated rings. The lowest BCUT2D eigenvalue weighted by Crippen LogP contribution is -1.81. The molecule has 0 saturated heterocycles. The highest BCUT2D eigenvalue weighted by Gasteiger charge is 1.90. The van der Waals surface area contributed by atoms with E-state index < -0.39 is 0 Å². The Hall–Kier alpha value is 0.120. The lowest BCUT2D eigenvalue weighted by Gasteiger charge is -1.89. The molecule has 42 valence electrons. The van der Waals surface area contributed by atoms with Crippen molar-refractivity contribution in [3.8, 4) is 0 Å². The predicted molar refractivity (Wildman–Crippen MR) is 31.9 cm³/mol. The molecule has 0 heterocycles. The standard InChI is InChI=1S/C4H6Cl2O/c1-3(6)4(7)2-5/h7H,2H2,1H3/b4-3-. The van der Waals surface area contributed by atoms with Crippen LogP contribution >= 0.6 is 23.2 Å². The molecule has 0 aliphatic heterocycles. The van der Waals surface area contributed by atoms with Gasteiger partial charge in [-0.1, -0.05) is 11.6 Å². The van der Waals surface area contributed by atoms with Crippen molar-refractivity contribution in [1.29, 1.82) is 0 Å². The minimum atomic E-state index is 0.0448. The first-order chi connectivity index (χ1) is 3.18. The number of rotatable bonds is 1. The minimum Gasteiger partial charge on any atom is -0.510 e. The fraction of sp³-hybridized carbons (Fsp3) is 0.500. The molecule has 0 bridgehead atoms. The molecule has 0 atom stereocenters. The summed E-state index contributed by atoms with van der Waals surface area (Å²) in [5, 5.41) is 8.91. The van der Waals surface area contributed by atoms with Gasteiger partial charge in [-0.2, -0.15) is 0 Å². The molecule has 0 saturated carbocycles. The quantitative estimate of drug-likeness (QED) is 0.438. The van der Waals surface area contributed by atoms with Crippen LogP contribution in [0.15, 0.2) is 10.8 Å². The maximum absolute atomic E-state index is 8.55. The number of allylic oxidation sites excluding steroid dienone is 2. The lowest BCUT2D eigenvalue weighted by molar-refractivity contribution is 0.413. The van der Waals surface area contributed by atoms with Crippen molar-refractivity contribution in [3.05, 3.63) is 10.8 Å². The fourth-order valence-electron chi connectivity index (χ4n) is 0.0921. The van der Waals surface area contributed by atoms with E-state index in [2.05, 4.69) is 0 Å². The molecule has 1 nitrogen and oxygen atoms in total. The van der Waals surface area contributed by atoms with E-state index in [9.17, 15) is 0 Å². The highest BCUT2D eigenvalue weighted by atomic mass is 35.5. The van der Waals surface area contributed by atoms with Crippen LogP contribution in [-0.2, 0) is 0 Å². The molecule has 3 heteroatoms. The van der Waals surface area contributed by atoms with Crippen LogP contribution in [0.3, 0.4) is 0 Å². The third kappa shape index (κ3) is 2.77. The number of hydrogen-bond acceptors (Lipinski definition) is 1. The second kappa shape index (κ2) is 3.16. The van der Waals surface area contributed by atoms with E-state index in [1.54, 1.807) is 6.92 Å². The summed E-state index contributed by atoms with van der Waals surface area (Å²) in [6.45, 7) is 1.58. The molecule has 7 heavy (non-hydrogen) atoms. The molecule has 0 amide bonds. The molecule has 0 aromatic heterocycles. The SMILES string of the molecule is C/C(Cl)=C(/O)CCl. The Morgan fingerprint density at radius 2 is 2.14 bits per heavy atom. The third-order valence-corrected chi connectivity index (χ3v) is 0.996. The van der Waals surface area contributed by atoms with Crippen LogP contribution in [0.25, 0.3) is 0 Å². The van der Waals surface area contributed by atoms with E-state index in [-0.39, 0.29) is 11.6 Å². The molecule has 0 unspecified atom stereocenters. The Labute approximate surface area is 52.5 Å². The van der Waals surface area contributed by atoms with Crippen molar-refractivity contribution in [3.63, 3.8) is 0 Å². The summed E-state index contributed by atoms with van der Waals surface area (Å²) in [6, 6.07) is 0. The molecule has 0 aromatic carbocycles. The van der Waals surface area contributed by atoms with Gasteiger partial charge in [0.05, 0.1) is 10.9 Å². The van der Waals surface area contributed by atoms with Crippen LogP contribution in [0.5, 0.6) is 0 Å². The Bertz CT molecular complexity index is 83.7. The van der Waals surface area contributed by atoms with Crippen LogP contribution in [0.1, 0.15) is 6.92 Å². The van der Waals surface area contributed by atoms with Gasteiger partial charge in [-0.25, -0.2) is 0 Å². The number of hydrogen-bond donors (Lipinski definition) is 1. The zero-order valence-electron chi connectivity index (χ0n) is 3.91. The molecule has 0 aliphatic carbocycles. The first-order valence-corrected chi connectivity index (χ1v) is 2.70. The molecule has 0 radical (unpaired) electrons. The van der Waals surface area contributed by atoms with Gasteiger partial charge in [-0.3, -0.25) is 0 Å². The molecule has 1 N–H and O–H groups in total. The van der Waals surface area contributed by atoms with Crippen molar-refractivity contribution in [1.82, 2.24) is 0 Å². The van der Waals surface area contributed by atoms with Crippen LogP contribution in [0.2, 0.25) is 0 Å². The molecular formula is C4H6Cl2O. The molecule has 0 spiro atoms. The van der Waals surface area contributed by atoms with E-state index in [1.807, 2.05) is 0 Å². The summed E-state index contributed by atoms with van der Waals surface area (Å²) in [4.78, 5) is 0. The number of alkyl halides is 1. The van der Waals surface area contributed by atoms with Gasteiger partial charge in [-0.05, 0) is 6.92 Å². The maximum atomic E-state index is 8.55. The smallest absolute Gasteiger partial charge is 0.121 e. The zero-order chi connectivity index (χ0) is 5.86. The third-order valence-electron chi connectivity index (χ3n) is 0.524. The Kier molecular flexibility index (Phi) is 3.22. The summed E-state index contributed by atoms with van der Waals surface area (Å²) >= 11 is 10.4. The van der Waals surface area contributed by atoms with Gasteiger partial charge in [0, 0.05) is 0 Å². The molecule has 0 aromatic rings. The van der Waals surface area contributed by atoms with E-state index in [1.165, 1.54) is 0 Å². The highest BCUT2D eigenvalue weighted by Crippen LogP contribution is 2.05. The monoisotopic (exact) mass is 140 g/mol.